The Labute approximate surface area is 153 Å². The molecule has 1 saturated carbocycles. The van der Waals surface area contributed by atoms with Crippen LogP contribution in [0.4, 0.5) is 5.82 Å². The number of rotatable bonds is 4. The van der Waals surface area contributed by atoms with E-state index in [1.54, 1.807) is 0 Å². The molecule has 1 aromatic carbocycles. The molecule has 1 aliphatic carbocycles. The van der Waals surface area contributed by atoms with E-state index in [1.165, 1.54) is 0 Å². The third kappa shape index (κ3) is 3.36. The molecule has 0 unspecified atom stereocenters. The van der Waals surface area contributed by atoms with E-state index in [9.17, 15) is 9.59 Å². The molecule has 2 aliphatic rings. The van der Waals surface area contributed by atoms with Crippen LogP contribution in [0.15, 0.2) is 30.3 Å². The van der Waals surface area contributed by atoms with E-state index in [2.05, 4.69) is 10.2 Å². The standard InChI is InChI=1S/C20H24N4O2/c1-2-19(25)24-11-9-23(10-12-24)18-13-16(20(26)21-14-7-8-14)15-5-3-4-6-17(15)22-18/h3-6,13-14H,2,7-12H2,1H3,(H,21,26). The van der Waals surface area contributed by atoms with Crippen LogP contribution in [0.1, 0.15) is 36.5 Å². The Morgan fingerprint density at radius 3 is 2.58 bits per heavy atom. The van der Waals surface area contributed by atoms with Crippen molar-refractivity contribution in [2.24, 2.45) is 0 Å². The summed E-state index contributed by atoms with van der Waals surface area (Å²) in [4.78, 5) is 33.4. The zero-order valence-electron chi connectivity index (χ0n) is 15.1. The van der Waals surface area contributed by atoms with Crippen LogP contribution in [0.5, 0.6) is 0 Å². The summed E-state index contributed by atoms with van der Waals surface area (Å²) in [6.45, 7) is 4.77. The fourth-order valence-corrected chi connectivity index (χ4v) is 3.41. The maximum atomic E-state index is 12.7. The zero-order chi connectivity index (χ0) is 18.1. The van der Waals surface area contributed by atoms with Gasteiger partial charge in [-0.05, 0) is 25.0 Å². The van der Waals surface area contributed by atoms with Crippen LogP contribution in [-0.2, 0) is 4.79 Å². The van der Waals surface area contributed by atoms with Crippen LogP contribution < -0.4 is 10.2 Å². The summed E-state index contributed by atoms with van der Waals surface area (Å²) in [5.41, 5.74) is 1.52. The molecule has 2 aromatic rings. The minimum Gasteiger partial charge on any atom is -0.353 e. The van der Waals surface area contributed by atoms with Gasteiger partial charge < -0.3 is 15.1 Å². The van der Waals surface area contributed by atoms with Crippen LogP contribution in [0, 0.1) is 0 Å². The van der Waals surface area contributed by atoms with Crippen LogP contribution in [0.25, 0.3) is 10.9 Å². The average molecular weight is 352 g/mol. The fourth-order valence-electron chi connectivity index (χ4n) is 3.41. The Morgan fingerprint density at radius 2 is 1.88 bits per heavy atom. The molecular formula is C20H24N4O2. The van der Waals surface area contributed by atoms with Crippen molar-refractivity contribution in [2.75, 3.05) is 31.1 Å². The number of aromatic nitrogens is 1. The molecule has 136 valence electrons. The second-order valence-corrected chi connectivity index (χ2v) is 7.01. The van der Waals surface area contributed by atoms with Crippen molar-refractivity contribution < 1.29 is 9.59 Å². The molecule has 26 heavy (non-hydrogen) atoms. The van der Waals surface area contributed by atoms with Gasteiger partial charge in [0, 0.05) is 44.0 Å². The van der Waals surface area contributed by atoms with Crippen LogP contribution in [0.2, 0.25) is 0 Å². The minimum absolute atomic E-state index is 0.0212. The van der Waals surface area contributed by atoms with Gasteiger partial charge in [0.1, 0.15) is 5.82 Å². The summed E-state index contributed by atoms with van der Waals surface area (Å²) in [7, 11) is 0. The topological polar surface area (TPSA) is 65.5 Å². The van der Waals surface area contributed by atoms with Gasteiger partial charge >= 0.3 is 0 Å². The second kappa shape index (κ2) is 6.94. The molecule has 2 fully saturated rings. The van der Waals surface area contributed by atoms with Crippen LogP contribution in [0.3, 0.4) is 0 Å². The summed E-state index contributed by atoms with van der Waals surface area (Å²) in [5, 5.41) is 3.97. The quantitative estimate of drug-likeness (QED) is 0.916. The number of amides is 2. The van der Waals surface area contributed by atoms with Crippen LogP contribution in [-0.4, -0.2) is 53.9 Å². The summed E-state index contributed by atoms with van der Waals surface area (Å²) in [5.74, 6) is 0.987. The van der Waals surface area contributed by atoms with Crippen molar-refractivity contribution in [1.29, 1.82) is 0 Å². The Hall–Kier alpha value is -2.63. The molecule has 6 heteroatoms. The average Bonchev–Trinajstić information content (AvgIpc) is 3.50. The highest BCUT2D eigenvalue weighted by atomic mass is 16.2. The number of hydrogen-bond donors (Lipinski definition) is 1. The monoisotopic (exact) mass is 352 g/mol. The van der Waals surface area contributed by atoms with E-state index in [1.807, 2.05) is 42.2 Å². The van der Waals surface area contributed by atoms with Gasteiger partial charge in [-0.3, -0.25) is 9.59 Å². The molecule has 4 rings (SSSR count). The number of benzene rings is 1. The first-order valence-electron chi connectivity index (χ1n) is 9.39. The van der Waals surface area contributed by atoms with Crippen molar-refractivity contribution >= 4 is 28.5 Å². The van der Waals surface area contributed by atoms with E-state index in [0.717, 1.165) is 42.7 Å². The molecule has 0 spiro atoms. The molecule has 2 amide bonds. The molecule has 1 aliphatic heterocycles. The van der Waals surface area contributed by atoms with E-state index < -0.39 is 0 Å². The highest BCUT2D eigenvalue weighted by molar-refractivity contribution is 6.07. The Balaban J connectivity index is 1.61. The number of anilines is 1. The number of pyridine rings is 1. The normalized spacial score (nSPS) is 17.4. The number of hydrogen-bond acceptors (Lipinski definition) is 4. The number of carbonyl (C=O) groups excluding carboxylic acids is 2. The molecular weight excluding hydrogens is 328 g/mol. The number of carbonyl (C=O) groups is 2. The molecule has 1 saturated heterocycles. The SMILES string of the molecule is CCC(=O)N1CCN(c2cc(C(=O)NC3CC3)c3ccccc3n2)CC1. The molecule has 2 heterocycles. The molecule has 0 atom stereocenters. The molecule has 0 bridgehead atoms. The highest BCUT2D eigenvalue weighted by Gasteiger charge is 2.26. The lowest BCUT2D eigenvalue weighted by atomic mass is 10.1. The smallest absolute Gasteiger partial charge is 0.252 e. The maximum Gasteiger partial charge on any atom is 0.252 e. The van der Waals surface area contributed by atoms with Gasteiger partial charge in [-0.2, -0.15) is 0 Å². The van der Waals surface area contributed by atoms with E-state index >= 15 is 0 Å². The zero-order valence-corrected chi connectivity index (χ0v) is 15.1. The van der Waals surface area contributed by atoms with Crippen molar-refractivity contribution in [3.05, 3.63) is 35.9 Å². The third-order valence-corrected chi connectivity index (χ3v) is 5.12. The van der Waals surface area contributed by atoms with Crippen molar-refractivity contribution in [3.63, 3.8) is 0 Å². The molecule has 1 aromatic heterocycles. The number of nitrogens with zero attached hydrogens (tertiary/aromatic N) is 3. The number of piperazine rings is 1. The summed E-state index contributed by atoms with van der Waals surface area (Å²) in [6.07, 6.45) is 2.67. The first-order chi connectivity index (χ1) is 12.7. The number of nitrogens with one attached hydrogen (secondary N) is 1. The van der Waals surface area contributed by atoms with E-state index in [0.29, 0.717) is 31.1 Å². The summed E-state index contributed by atoms with van der Waals surface area (Å²) in [6, 6.07) is 10.0. The van der Waals surface area contributed by atoms with Crippen LogP contribution >= 0.6 is 0 Å². The van der Waals surface area contributed by atoms with E-state index in [4.69, 9.17) is 4.98 Å². The Bertz CT molecular complexity index is 839. The first kappa shape index (κ1) is 16.8. The summed E-state index contributed by atoms with van der Waals surface area (Å²) >= 11 is 0. The molecule has 1 N–H and O–H groups in total. The van der Waals surface area contributed by atoms with Gasteiger partial charge in [0.05, 0.1) is 11.1 Å². The van der Waals surface area contributed by atoms with E-state index in [-0.39, 0.29) is 11.8 Å². The maximum absolute atomic E-state index is 12.7. The second-order valence-electron chi connectivity index (χ2n) is 7.01. The third-order valence-electron chi connectivity index (χ3n) is 5.12. The predicted molar refractivity (Wildman–Crippen MR) is 101 cm³/mol. The van der Waals surface area contributed by atoms with Gasteiger partial charge in [0.15, 0.2) is 0 Å². The highest BCUT2D eigenvalue weighted by Crippen LogP contribution is 2.26. The Kier molecular flexibility index (Phi) is 4.49. The lowest BCUT2D eigenvalue weighted by molar-refractivity contribution is -0.131. The molecule has 0 radical (unpaired) electrons. The van der Waals surface area contributed by atoms with Gasteiger partial charge in [-0.1, -0.05) is 25.1 Å². The number of para-hydroxylation sites is 1. The lowest BCUT2D eigenvalue weighted by Crippen LogP contribution is -2.48. The Morgan fingerprint density at radius 1 is 1.15 bits per heavy atom. The lowest BCUT2D eigenvalue weighted by Gasteiger charge is -2.35. The van der Waals surface area contributed by atoms with Gasteiger partial charge in [0.2, 0.25) is 5.91 Å². The molecule has 6 nitrogen and oxygen atoms in total. The van der Waals surface area contributed by atoms with Gasteiger partial charge in [-0.15, -0.1) is 0 Å². The first-order valence-corrected chi connectivity index (χ1v) is 9.39. The van der Waals surface area contributed by atoms with Gasteiger partial charge in [-0.25, -0.2) is 4.98 Å². The van der Waals surface area contributed by atoms with Crippen molar-refractivity contribution in [1.82, 2.24) is 15.2 Å². The predicted octanol–water partition coefficient (Wildman–Crippen LogP) is 2.19. The van der Waals surface area contributed by atoms with Crippen molar-refractivity contribution in [2.45, 2.75) is 32.2 Å². The minimum atomic E-state index is -0.0212. The fraction of sp³-hybridized carbons (Fsp3) is 0.450. The summed E-state index contributed by atoms with van der Waals surface area (Å²) < 4.78 is 0. The van der Waals surface area contributed by atoms with Gasteiger partial charge in [0.25, 0.3) is 5.91 Å². The number of fused-ring (bicyclic) bond motifs is 1. The largest absolute Gasteiger partial charge is 0.353 e. The van der Waals surface area contributed by atoms with Crippen molar-refractivity contribution in [3.8, 4) is 0 Å².